The smallest absolute Gasteiger partial charge is 0.319 e. The van der Waals surface area contributed by atoms with Crippen molar-refractivity contribution >= 4 is 40.1 Å². The molecule has 2 aliphatic rings. The quantitative estimate of drug-likeness (QED) is 0.315. The van der Waals surface area contributed by atoms with Crippen LogP contribution in [0.3, 0.4) is 0 Å². The third kappa shape index (κ3) is 5.59. The fourth-order valence-corrected chi connectivity index (χ4v) is 6.05. The van der Waals surface area contributed by atoms with Gasteiger partial charge < -0.3 is 15.0 Å². The van der Waals surface area contributed by atoms with Gasteiger partial charge in [0.05, 0.1) is 41.3 Å². The first-order valence-corrected chi connectivity index (χ1v) is 14.2. The van der Waals surface area contributed by atoms with E-state index in [1.165, 1.54) is 17.3 Å². The molecule has 0 bridgehead atoms. The zero-order chi connectivity index (χ0) is 26.8. The van der Waals surface area contributed by atoms with Gasteiger partial charge in [-0.1, -0.05) is 18.2 Å². The third-order valence-corrected chi connectivity index (χ3v) is 8.45. The van der Waals surface area contributed by atoms with E-state index in [4.69, 9.17) is 9.72 Å². The molecule has 198 valence electrons. The number of ether oxygens (including phenoxy) is 1. The molecule has 1 amide bonds. The molecule has 4 heterocycles. The van der Waals surface area contributed by atoms with Crippen molar-refractivity contribution in [3.63, 3.8) is 0 Å². The van der Waals surface area contributed by atoms with E-state index in [9.17, 15) is 9.59 Å². The maximum atomic E-state index is 12.4. The first-order chi connectivity index (χ1) is 19.0. The lowest BCUT2D eigenvalue weighted by Gasteiger charge is -2.23. The van der Waals surface area contributed by atoms with Crippen LogP contribution in [0, 0.1) is 6.92 Å². The maximum absolute atomic E-state index is 12.4. The summed E-state index contributed by atoms with van der Waals surface area (Å²) in [6.45, 7) is 2.43. The van der Waals surface area contributed by atoms with Crippen LogP contribution in [0.5, 0.6) is 0 Å². The number of H-pyrrole nitrogens is 1. The van der Waals surface area contributed by atoms with E-state index in [-0.39, 0.29) is 28.9 Å². The normalized spacial score (nSPS) is 19.1. The Morgan fingerprint density at radius 2 is 2.05 bits per heavy atom. The largest absolute Gasteiger partial charge is 0.465 e. The van der Waals surface area contributed by atoms with Crippen LogP contribution in [0.4, 0.5) is 0 Å². The molecule has 0 saturated carbocycles. The zero-order valence-electron chi connectivity index (χ0n) is 21.6. The number of carbonyl (C=O) groups excluding carboxylic acids is 2. The number of aromatic amines is 1. The number of benzene rings is 1. The van der Waals surface area contributed by atoms with E-state index in [0.717, 1.165) is 64.1 Å². The van der Waals surface area contributed by atoms with E-state index < -0.39 is 0 Å². The Labute approximate surface area is 230 Å². The van der Waals surface area contributed by atoms with Gasteiger partial charge in [-0.25, -0.2) is 4.98 Å². The van der Waals surface area contributed by atoms with Gasteiger partial charge in [-0.15, -0.1) is 11.8 Å². The Morgan fingerprint density at radius 1 is 1.15 bits per heavy atom. The van der Waals surface area contributed by atoms with Crippen LogP contribution in [0.15, 0.2) is 61.1 Å². The van der Waals surface area contributed by atoms with E-state index in [1.807, 2.05) is 43.5 Å². The summed E-state index contributed by atoms with van der Waals surface area (Å²) in [6.07, 6.45) is 9.03. The Hall–Kier alpha value is -3.98. The second-order valence-corrected chi connectivity index (χ2v) is 11.1. The number of carbonyl (C=O) groups is 2. The molecular weight excluding hydrogens is 510 g/mol. The van der Waals surface area contributed by atoms with Crippen molar-refractivity contribution in [2.24, 2.45) is 0 Å². The van der Waals surface area contributed by atoms with Gasteiger partial charge in [-0.2, -0.15) is 0 Å². The van der Waals surface area contributed by atoms with Crippen molar-refractivity contribution in [2.75, 3.05) is 12.4 Å². The first-order valence-electron chi connectivity index (χ1n) is 13.2. The number of cyclic esters (lactones) is 1. The van der Waals surface area contributed by atoms with Crippen molar-refractivity contribution in [1.82, 2.24) is 25.3 Å². The highest BCUT2D eigenvalue weighted by molar-refractivity contribution is 8.01. The SMILES string of the molecule is Cc1cccc(-c2[nH]cnc2-c2ccc3ncc(C4=CCC(NC(=O)CSC5CCOC5=O)CC4)cc3c2)n1. The van der Waals surface area contributed by atoms with Crippen molar-refractivity contribution in [3.8, 4) is 22.6 Å². The Balaban J connectivity index is 1.15. The highest BCUT2D eigenvalue weighted by Crippen LogP contribution is 2.32. The number of nitrogens with zero attached hydrogens (tertiary/aromatic N) is 3. The van der Waals surface area contributed by atoms with Gasteiger partial charge in [0.1, 0.15) is 5.25 Å². The molecule has 1 aliphatic carbocycles. The molecule has 1 aliphatic heterocycles. The number of hydrogen-bond donors (Lipinski definition) is 2. The summed E-state index contributed by atoms with van der Waals surface area (Å²) < 4.78 is 4.97. The molecular formula is C30H29N5O3S. The lowest BCUT2D eigenvalue weighted by Crippen LogP contribution is -2.37. The van der Waals surface area contributed by atoms with Gasteiger partial charge in [0.25, 0.3) is 0 Å². The van der Waals surface area contributed by atoms with Crippen LogP contribution in [0.25, 0.3) is 39.1 Å². The lowest BCUT2D eigenvalue weighted by atomic mass is 9.90. The summed E-state index contributed by atoms with van der Waals surface area (Å²) in [4.78, 5) is 41.2. The average molecular weight is 540 g/mol. The summed E-state index contributed by atoms with van der Waals surface area (Å²) in [5, 5.41) is 3.95. The first kappa shape index (κ1) is 25.3. The minimum Gasteiger partial charge on any atom is -0.465 e. The molecule has 39 heavy (non-hydrogen) atoms. The van der Waals surface area contributed by atoms with Gasteiger partial charge in [0, 0.05) is 35.3 Å². The zero-order valence-corrected chi connectivity index (χ0v) is 22.5. The molecule has 1 aromatic carbocycles. The van der Waals surface area contributed by atoms with Crippen LogP contribution in [-0.4, -0.2) is 55.5 Å². The Kier molecular flexibility index (Phi) is 7.15. The number of imidazole rings is 1. The minimum absolute atomic E-state index is 0.0277. The number of pyridine rings is 2. The molecule has 6 rings (SSSR count). The molecule has 2 N–H and O–H groups in total. The highest BCUT2D eigenvalue weighted by atomic mass is 32.2. The number of fused-ring (bicyclic) bond motifs is 1. The van der Waals surface area contributed by atoms with Gasteiger partial charge >= 0.3 is 5.97 Å². The molecule has 1 saturated heterocycles. The summed E-state index contributed by atoms with van der Waals surface area (Å²) >= 11 is 1.37. The van der Waals surface area contributed by atoms with Gasteiger partial charge in [0.15, 0.2) is 0 Å². The number of amides is 1. The number of aromatic nitrogens is 4. The molecule has 2 unspecified atom stereocenters. The molecule has 4 aromatic rings. The number of thioether (sulfide) groups is 1. The molecule has 0 spiro atoms. The molecule has 9 heteroatoms. The molecule has 8 nitrogen and oxygen atoms in total. The van der Waals surface area contributed by atoms with Crippen LogP contribution in [0.1, 0.15) is 36.9 Å². The van der Waals surface area contributed by atoms with E-state index in [1.54, 1.807) is 6.33 Å². The van der Waals surface area contributed by atoms with E-state index in [0.29, 0.717) is 13.0 Å². The number of aryl methyl sites for hydroxylation is 1. The monoisotopic (exact) mass is 539 g/mol. The second-order valence-electron chi connectivity index (χ2n) is 9.95. The highest BCUT2D eigenvalue weighted by Gasteiger charge is 2.28. The standard InChI is InChI=1S/C30H29N5O3S/c1-18-3-2-4-25(34-18)29-28(32-17-33-29)20-7-10-24-21(13-20)14-22(15-31-24)19-5-8-23(9-6-19)35-27(36)16-39-26-11-12-38-30(26)37/h2-5,7,10,13-15,17,23,26H,6,8-9,11-12,16H2,1H3,(H,32,33)(H,35,36). The maximum Gasteiger partial charge on any atom is 0.319 e. The molecule has 1 fully saturated rings. The molecule has 3 aromatic heterocycles. The van der Waals surface area contributed by atoms with Gasteiger partial charge in [0.2, 0.25) is 5.91 Å². The second kappa shape index (κ2) is 11.0. The van der Waals surface area contributed by atoms with Gasteiger partial charge in [-0.3, -0.25) is 19.6 Å². The van der Waals surface area contributed by atoms with Crippen LogP contribution < -0.4 is 5.32 Å². The van der Waals surface area contributed by atoms with Crippen molar-refractivity contribution < 1.29 is 14.3 Å². The average Bonchev–Trinajstić information content (AvgIpc) is 3.61. The van der Waals surface area contributed by atoms with E-state index in [2.05, 4.69) is 38.5 Å². The Bertz CT molecular complexity index is 1580. The fraction of sp³-hybridized carbons (Fsp3) is 0.300. The summed E-state index contributed by atoms with van der Waals surface area (Å²) in [5.74, 6) is 0.0452. The molecule has 0 radical (unpaired) electrons. The summed E-state index contributed by atoms with van der Waals surface area (Å²) in [5.41, 5.74) is 7.85. The van der Waals surface area contributed by atoms with E-state index >= 15 is 0 Å². The lowest BCUT2D eigenvalue weighted by molar-refractivity contribution is -0.137. The predicted molar refractivity (Wildman–Crippen MR) is 153 cm³/mol. The fourth-order valence-electron chi connectivity index (χ4n) is 5.15. The van der Waals surface area contributed by atoms with Crippen molar-refractivity contribution in [3.05, 3.63) is 72.3 Å². The summed E-state index contributed by atoms with van der Waals surface area (Å²) in [7, 11) is 0. The van der Waals surface area contributed by atoms with Gasteiger partial charge in [-0.05, 0) is 67.7 Å². The number of nitrogens with one attached hydrogen (secondary N) is 2. The number of hydrogen-bond acceptors (Lipinski definition) is 7. The van der Waals surface area contributed by atoms with Crippen LogP contribution in [0.2, 0.25) is 0 Å². The predicted octanol–water partition coefficient (Wildman–Crippen LogP) is 5.10. The number of allylic oxidation sites excluding steroid dienone is 1. The summed E-state index contributed by atoms with van der Waals surface area (Å²) in [6, 6.07) is 14.5. The minimum atomic E-state index is -0.214. The number of rotatable bonds is 7. The van der Waals surface area contributed by atoms with Crippen molar-refractivity contribution in [2.45, 2.75) is 43.9 Å². The Morgan fingerprint density at radius 3 is 2.85 bits per heavy atom. The molecule has 2 atom stereocenters. The third-order valence-electron chi connectivity index (χ3n) is 7.19. The van der Waals surface area contributed by atoms with Crippen LogP contribution in [-0.2, 0) is 14.3 Å². The number of esters is 1. The topological polar surface area (TPSA) is 110 Å². The van der Waals surface area contributed by atoms with Crippen molar-refractivity contribution in [1.29, 1.82) is 0 Å². The van der Waals surface area contributed by atoms with Crippen LogP contribution >= 0.6 is 11.8 Å².